The standard InChI is InChI=1S/C18H21FIN3O2/c1-25-18(9-21)10-23(11-18)17(24)13-4-2-3-5-15(13)22-16-7-6-12(20)8-14(16)19/h2,4,6-8,22H,3,5,9-11,21H2,1H3. The zero-order chi connectivity index (χ0) is 18.0. The second-order valence-electron chi connectivity index (χ2n) is 6.33. The number of carbonyl (C=O) groups excluding carboxylic acids is 1. The highest BCUT2D eigenvalue weighted by molar-refractivity contribution is 14.1. The van der Waals surface area contributed by atoms with E-state index in [2.05, 4.69) is 27.9 Å². The molecule has 0 radical (unpaired) electrons. The number of nitrogens with two attached hydrogens (primary N) is 1. The Morgan fingerprint density at radius 1 is 1.48 bits per heavy atom. The summed E-state index contributed by atoms with van der Waals surface area (Å²) in [5.74, 6) is -0.406. The molecule has 3 rings (SSSR count). The summed E-state index contributed by atoms with van der Waals surface area (Å²) in [6.07, 6.45) is 5.27. The molecule has 0 saturated carbocycles. The van der Waals surface area contributed by atoms with Crippen molar-refractivity contribution in [2.75, 3.05) is 32.1 Å². The summed E-state index contributed by atoms with van der Waals surface area (Å²) >= 11 is 2.07. The van der Waals surface area contributed by atoms with E-state index in [4.69, 9.17) is 10.5 Å². The average molecular weight is 457 g/mol. The minimum atomic E-state index is -0.440. The van der Waals surface area contributed by atoms with Gasteiger partial charge in [-0.2, -0.15) is 0 Å². The van der Waals surface area contributed by atoms with Gasteiger partial charge in [-0.25, -0.2) is 4.39 Å². The second kappa shape index (κ2) is 7.43. The van der Waals surface area contributed by atoms with Gasteiger partial charge in [0.2, 0.25) is 0 Å². The third kappa shape index (κ3) is 3.73. The maximum Gasteiger partial charge on any atom is 0.255 e. The molecule has 1 heterocycles. The fourth-order valence-electron chi connectivity index (χ4n) is 3.05. The van der Waals surface area contributed by atoms with Gasteiger partial charge in [0.05, 0.1) is 24.4 Å². The van der Waals surface area contributed by atoms with Crippen molar-refractivity contribution < 1.29 is 13.9 Å². The number of hydrogen-bond acceptors (Lipinski definition) is 4. The van der Waals surface area contributed by atoms with Crippen LogP contribution in [0.1, 0.15) is 12.8 Å². The highest BCUT2D eigenvalue weighted by Crippen LogP contribution is 2.29. The van der Waals surface area contributed by atoms with Gasteiger partial charge in [-0.1, -0.05) is 12.2 Å². The number of likely N-dealkylation sites (tertiary alicyclic amines) is 1. The molecule has 1 fully saturated rings. The molecule has 0 aromatic heterocycles. The number of methoxy groups -OCH3 is 1. The first kappa shape index (κ1) is 18.3. The number of benzene rings is 1. The Kier molecular flexibility index (Phi) is 5.45. The Morgan fingerprint density at radius 2 is 2.24 bits per heavy atom. The lowest BCUT2D eigenvalue weighted by Gasteiger charge is -2.48. The van der Waals surface area contributed by atoms with Crippen molar-refractivity contribution in [1.82, 2.24) is 4.90 Å². The van der Waals surface area contributed by atoms with Crippen molar-refractivity contribution in [1.29, 1.82) is 0 Å². The van der Waals surface area contributed by atoms with E-state index in [1.165, 1.54) is 6.07 Å². The third-order valence-corrected chi connectivity index (χ3v) is 5.34. The summed E-state index contributed by atoms with van der Waals surface area (Å²) in [4.78, 5) is 14.5. The predicted octanol–water partition coefficient (Wildman–Crippen LogP) is 2.63. The minimum Gasteiger partial charge on any atom is -0.373 e. The van der Waals surface area contributed by atoms with Crippen molar-refractivity contribution in [2.24, 2.45) is 5.73 Å². The van der Waals surface area contributed by atoms with Crippen LogP contribution in [0.15, 0.2) is 41.6 Å². The molecule has 2 aliphatic rings. The maximum atomic E-state index is 14.1. The summed E-state index contributed by atoms with van der Waals surface area (Å²) < 4.78 is 20.4. The molecule has 0 bridgehead atoms. The molecule has 25 heavy (non-hydrogen) atoms. The quantitative estimate of drug-likeness (QED) is 0.668. The lowest BCUT2D eigenvalue weighted by molar-refractivity contribution is -0.155. The number of nitrogens with zero attached hydrogens (tertiary/aromatic N) is 1. The van der Waals surface area contributed by atoms with Crippen molar-refractivity contribution in [3.05, 3.63) is 51.0 Å². The fraction of sp³-hybridized carbons (Fsp3) is 0.389. The smallest absolute Gasteiger partial charge is 0.255 e. The van der Waals surface area contributed by atoms with E-state index in [0.29, 0.717) is 37.3 Å². The molecule has 1 amide bonds. The lowest BCUT2D eigenvalue weighted by Crippen LogP contribution is -2.67. The molecule has 1 aliphatic carbocycles. The summed E-state index contributed by atoms with van der Waals surface area (Å²) in [6.45, 7) is 1.32. The molecule has 1 aromatic carbocycles. The van der Waals surface area contributed by atoms with Gasteiger partial charge in [-0.05, 0) is 53.6 Å². The zero-order valence-electron chi connectivity index (χ0n) is 14.0. The molecule has 0 atom stereocenters. The van der Waals surface area contributed by atoms with E-state index >= 15 is 0 Å². The van der Waals surface area contributed by atoms with Crippen LogP contribution >= 0.6 is 22.6 Å². The van der Waals surface area contributed by atoms with Gasteiger partial charge < -0.3 is 20.7 Å². The molecule has 0 unspecified atom stereocenters. The molecule has 5 nitrogen and oxygen atoms in total. The van der Waals surface area contributed by atoms with Gasteiger partial charge >= 0.3 is 0 Å². The van der Waals surface area contributed by atoms with Crippen LogP contribution in [0.3, 0.4) is 0 Å². The number of hydrogen-bond donors (Lipinski definition) is 2. The first-order valence-electron chi connectivity index (χ1n) is 8.14. The van der Waals surface area contributed by atoms with E-state index < -0.39 is 5.60 Å². The van der Waals surface area contributed by atoms with Gasteiger partial charge in [0.15, 0.2) is 0 Å². The SMILES string of the molecule is COC1(CN)CN(C(=O)C2=C(Nc3ccc(I)cc3F)CCC=C2)C1. The van der Waals surface area contributed by atoms with Crippen LogP contribution in [0.5, 0.6) is 0 Å². The van der Waals surface area contributed by atoms with Gasteiger partial charge in [0, 0.05) is 22.9 Å². The molecule has 7 heteroatoms. The Morgan fingerprint density at radius 3 is 2.88 bits per heavy atom. The van der Waals surface area contributed by atoms with Crippen molar-refractivity contribution in [3.63, 3.8) is 0 Å². The van der Waals surface area contributed by atoms with E-state index in [1.807, 2.05) is 18.2 Å². The normalized spacial score (nSPS) is 19.0. The summed E-state index contributed by atoms with van der Waals surface area (Å²) in [5, 5.41) is 3.11. The van der Waals surface area contributed by atoms with E-state index in [1.54, 1.807) is 18.1 Å². The molecule has 1 saturated heterocycles. The topological polar surface area (TPSA) is 67.6 Å². The number of rotatable bonds is 5. The Balaban J connectivity index is 1.80. The van der Waals surface area contributed by atoms with Gasteiger partial charge in [-0.15, -0.1) is 0 Å². The predicted molar refractivity (Wildman–Crippen MR) is 104 cm³/mol. The van der Waals surface area contributed by atoms with E-state index in [-0.39, 0.29) is 11.7 Å². The van der Waals surface area contributed by atoms with Gasteiger partial charge in [0.1, 0.15) is 11.4 Å². The van der Waals surface area contributed by atoms with Crippen LogP contribution < -0.4 is 11.1 Å². The summed E-state index contributed by atoms with van der Waals surface area (Å²) in [6, 6.07) is 4.99. The van der Waals surface area contributed by atoms with Crippen molar-refractivity contribution >= 4 is 34.2 Å². The summed E-state index contributed by atoms with van der Waals surface area (Å²) in [7, 11) is 1.61. The third-order valence-electron chi connectivity index (χ3n) is 4.67. The number of allylic oxidation sites excluding steroid dienone is 2. The number of anilines is 1. The van der Waals surface area contributed by atoms with Crippen molar-refractivity contribution in [2.45, 2.75) is 18.4 Å². The fourth-order valence-corrected chi connectivity index (χ4v) is 3.51. The van der Waals surface area contributed by atoms with E-state index in [0.717, 1.165) is 15.7 Å². The van der Waals surface area contributed by atoms with E-state index in [9.17, 15) is 9.18 Å². The molecule has 1 aromatic rings. The number of amides is 1. The first-order chi connectivity index (χ1) is 12.0. The number of halogens is 2. The first-order valence-corrected chi connectivity index (χ1v) is 9.22. The molecule has 1 aliphatic heterocycles. The van der Waals surface area contributed by atoms with Crippen LogP contribution in [0.2, 0.25) is 0 Å². The summed E-state index contributed by atoms with van der Waals surface area (Å²) in [5.41, 5.74) is 7.00. The van der Waals surface area contributed by atoms with Crippen LogP contribution in [0, 0.1) is 9.39 Å². The van der Waals surface area contributed by atoms with Gasteiger partial charge in [-0.3, -0.25) is 4.79 Å². The lowest BCUT2D eigenvalue weighted by atomic mass is 9.91. The second-order valence-corrected chi connectivity index (χ2v) is 7.58. The highest BCUT2D eigenvalue weighted by Gasteiger charge is 2.45. The largest absolute Gasteiger partial charge is 0.373 e. The minimum absolute atomic E-state index is 0.0782. The average Bonchev–Trinajstić information content (AvgIpc) is 2.57. The number of carbonyl (C=O) groups is 1. The molecule has 3 N–H and O–H groups in total. The van der Waals surface area contributed by atoms with Crippen LogP contribution in [0.25, 0.3) is 0 Å². The maximum absolute atomic E-state index is 14.1. The molecular weight excluding hydrogens is 436 g/mol. The Bertz CT molecular complexity index is 736. The van der Waals surface area contributed by atoms with Crippen LogP contribution in [-0.4, -0.2) is 43.2 Å². The number of ether oxygens (including phenoxy) is 1. The molecule has 0 spiro atoms. The molecule has 134 valence electrons. The zero-order valence-corrected chi connectivity index (χ0v) is 16.2. The Labute approximate surface area is 160 Å². The van der Waals surface area contributed by atoms with Crippen molar-refractivity contribution in [3.8, 4) is 0 Å². The van der Waals surface area contributed by atoms with Crippen LogP contribution in [-0.2, 0) is 9.53 Å². The molecular formula is C18H21FIN3O2. The highest BCUT2D eigenvalue weighted by atomic mass is 127. The number of nitrogens with one attached hydrogen (secondary N) is 1. The monoisotopic (exact) mass is 457 g/mol. The Hall–Kier alpha value is -1.45. The van der Waals surface area contributed by atoms with Crippen LogP contribution in [0.4, 0.5) is 10.1 Å². The van der Waals surface area contributed by atoms with Gasteiger partial charge in [0.25, 0.3) is 5.91 Å².